The molecule has 0 aliphatic carbocycles. The molecule has 7 nitrogen and oxygen atoms in total. The van der Waals surface area contributed by atoms with E-state index in [0.29, 0.717) is 40.4 Å². The third kappa shape index (κ3) is 4.10. The normalized spacial score (nSPS) is 15.9. The third-order valence-electron chi connectivity index (χ3n) is 6.85. The van der Waals surface area contributed by atoms with Crippen molar-refractivity contribution in [1.82, 2.24) is 4.90 Å². The number of amides is 1. The molecule has 1 amide bonds. The third-order valence-corrected chi connectivity index (χ3v) is 6.85. The molecule has 0 radical (unpaired) electrons. The minimum Gasteiger partial charge on any atom is -0.494 e. The smallest absolute Gasteiger partial charge is 0.291 e. The highest BCUT2D eigenvalue weighted by atomic mass is 16.7. The van der Waals surface area contributed by atoms with Crippen molar-refractivity contribution in [2.75, 3.05) is 13.4 Å². The molecule has 1 atom stereocenters. The van der Waals surface area contributed by atoms with Gasteiger partial charge in [-0.3, -0.25) is 9.59 Å². The van der Waals surface area contributed by atoms with E-state index in [-0.39, 0.29) is 30.4 Å². The average molecular weight is 498 g/mol. The van der Waals surface area contributed by atoms with Crippen molar-refractivity contribution in [3.8, 4) is 17.2 Å². The van der Waals surface area contributed by atoms with E-state index in [1.807, 2.05) is 61.5 Å². The van der Waals surface area contributed by atoms with Crippen LogP contribution < -0.4 is 19.6 Å². The van der Waals surface area contributed by atoms with E-state index in [0.717, 1.165) is 29.5 Å². The fraction of sp³-hybridized carbons (Fsp3) is 0.267. The molecular formula is C30H27NO6. The Morgan fingerprint density at radius 1 is 1.00 bits per heavy atom. The lowest BCUT2D eigenvalue weighted by Gasteiger charge is -2.25. The number of hydrogen-bond acceptors (Lipinski definition) is 6. The van der Waals surface area contributed by atoms with Gasteiger partial charge in [-0.05, 0) is 60.9 Å². The van der Waals surface area contributed by atoms with E-state index in [1.165, 1.54) is 0 Å². The van der Waals surface area contributed by atoms with E-state index in [4.69, 9.17) is 18.6 Å². The van der Waals surface area contributed by atoms with Crippen LogP contribution in [-0.4, -0.2) is 24.2 Å². The second kappa shape index (κ2) is 9.32. The van der Waals surface area contributed by atoms with Gasteiger partial charge in [0, 0.05) is 6.54 Å². The summed E-state index contributed by atoms with van der Waals surface area (Å²) in [6, 6.07) is 18.0. The van der Waals surface area contributed by atoms with Gasteiger partial charge in [0.15, 0.2) is 16.9 Å². The number of nitrogens with zero attached hydrogens (tertiary/aromatic N) is 1. The zero-order chi connectivity index (χ0) is 25.5. The lowest BCUT2D eigenvalue weighted by atomic mass is 9.97. The number of unbranched alkanes of at least 4 members (excludes halogenated alkanes) is 1. The van der Waals surface area contributed by atoms with Gasteiger partial charge in [-0.1, -0.05) is 43.2 Å². The fourth-order valence-corrected chi connectivity index (χ4v) is 4.99. The SMILES string of the molecule is CCCCOc1cccc(C2c3c(oc4ccc(C)cc4c3=O)C(=O)N2Cc2ccc3c(c2)OCO3)c1. The molecule has 1 aromatic heterocycles. The monoisotopic (exact) mass is 497 g/mol. The van der Waals surface area contributed by atoms with Crippen LogP contribution in [0.15, 0.2) is 69.9 Å². The maximum absolute atomic E-state index is 13.8. The summed E-state index contributed by atoms with van der Waals surface area (Å²) >= 11 is 0. The van der Waals surface area contributed by atoms with Crippen LogP contribution in [0.25, 0.3) is 11.0 Å². The van der Waals surface area contributed by atoms with Crippen LogP contribution in [0.3, 0.4) is 0 Å². The van der Waals surface area contributed by atoms with Gasteiger partial charge in [-0.25, -0.2) is 0 Å². The van der Waals surface area contributed by atoms with Crippen LogP contribution >= 0.6 is 0 Å². The van der Waals surface area contributed by atoms with Crippen LogP contribution in [0.5, 0.6) is 17.2 Å². The topological polar surface area (TPSA) is 78.2 Å². The van der Waals surface area contributed by atoms with Gasteiger partial charge < -0.3 is 23.5 Å². The average Bonchev–Trinajstić information content (AvgIpc) is 3.48. The molecular weight excluding hydrogens is 470 g/mol. The molecule has 0 spiro atoms. The number of fused-ring (bicyclic) bond motifs is 3. The first-order chi connectivity index (χ1) is 18.0. The number of hydrogen-bond donors (Lipinski definition) is 0. The van der Waals surface area contributed by atoms with Gasteiger partial charge in [-0.15, -0.1) is 0 Å². The summed E-state index contributed by atoms with van der Waals surface area (Å²) in [5.41, 5.74) is 3.17. The minimum atomic E-state index is -0.621. The molecule has 0 saturated heterocycles. The summed E-state index contributed by atoms with van der Waals surface area (Å²) in [6.07, 6.45) is 1.97. The van der Waals surface area contributed by atoms with E-state index < -0.39 is 6.04 Å². The largest absolute Gasteiger partial charge is 0.494 e. The predicted molar refractivity (Wildman–Crippen MR) is 138 cm³/mol. The van der Waals surface area contributed by atoms with Crippen molar-refractivity contribution in [3.63, 3.8) is 0 Å². The molecule has 4 aromatic rings. The number of carbonyl (C=O) groups is 1. The summed E-state index contributed by atoms with van der Waals surface area (Å²) < 4.78 is 23.0. The van der Waals surface area contributed by atoms with Gasteiger partial charge in [0.1, 0.15) is 11.3 Å². The first kappa shape index (κ1) is 23.2. The lowest BCUT2D eigenvalue weighted by Crippen LogP contribution is -2.29. The van der Waals surface area contributed by atoms with Gasteiger partial charge in [-0.2, -0.15) is 0 Å². The number of aryl methyl sites for hydroxylation is 1. The Labute approximate surface area is 214 Å². The Balaban J connectivity index is 1.47. The van der Waals surface area contributed by atoms with E-state index in [9.17, 15) is 9.59 Å². The number of rotatable bonds is 7. The molecule has 1 unspecified atom stereocenters. The molecule has 7 heteroatoms. The highest BCUT2D eigenvalue weighted by molar-refractivity contribution is 5.99. The first-order valence-electron chi connectivity index (χ1n) is 12.5. The molecule has 188 valence electrons. The molecule has 0 saturated carbocycles. The highest BCUT2D eigenvalue weighted by Crippen LogP contribution is 2.41. The highest BCUT2D eigenvalue weighted by Gasteiger charge is 2.43. The van der Waals surface area contributed by atoms with Crippen molar-refractivity contribution >= 4 is 16.9 Å². The molecule has 0 bridgehead atoms. The van der Waals surface area contributed by atoms with Crippen molar-refractivity contribution in [2.24, 2.45) is 0 Å². The van der Waals surface area contributed by atoms with Crippen molar-refractivity contribution in [1.29, 1.82) is 0 Å². The Bertz CT molecular complexity index is 1570. The number of benzene rings is 3. The lowest BCUT2D eigenvalue weighted by molar-refractivity contribution is 0.0714. The molecule has 6 rings (SSSR count). The molecule has 37 heavy (non-hydrogen) atoms. The zero-order valence-corrected chi connectivity index (χ0v) is 20.8. The molecule has 3 heterocycles. The molecule has 0 fully saturated rings. The van der Waals surface area contributed by atoms with Crippen molar-refractivity contribution in [2.45, 2.75) is 39.3 Å². The minimum absolute atomic E-state index is 0.0874. The van der Waals surface area contributed by atoms with Crippen LogP contribution in [0, 0.1) is 6.92 Å². The molecule has 2 aliphatic heterocycles. The summed E-state index contributed by atoms with van der Waals surface area (Å²) in [5, 5.41) is 0.469. The number of ether oxygens (including phenoxy) is 3. The van der Waals surface area contributed by atoms with Crippen LogP contribution in [-0.2, 0) is 6.54 Å². The molecule has 2 aliphatic rings. The summed E-state index contributed by atoms with van der Waals surface area (Å²) in [6.45, 7) is 5.08. The zero-order valence-electron chi connectivity index (χ0n) is 20.8. The van der Waals surface area contributed by atoms with E-state index in [2.05, 4.69) is 6.92 Å². The standard InChI is InChI=1S/C30H27NO6/c1-3-4-12-34-21-7-5-6-20(15-21)27-26-28(32)22-13-18(2)8-10-23(22)37-29(26)30(33)31(27)16-19-9-11-24-25(14-19)36-17-35-24/h5-11,13-15,27H,3-4,12,16-17H2,1-2H3. The first-order valence-corrected chi connectivity index (χ1v) is 12.5. The van der Waals surface area contributed by atoms with Crippen molar-refractivity contribution < 1.29 is 23.4 Å². The second-order valence-corrected chi connectivity index (χ2v) is 9.47. The number of carbonyl (C=O) groups excluding carboxylic acids is 1. The predicted octanol–water partition coefficient (Wildman–Crippen LogP) is 5.75. The maximum atomic E-state index is 13.8. The van der Waals surface area contributed by atoms with Crippen molar-refractivity contribution in [3.05, 3.63) is 98.9 Å². The Morgan fingerprint density at radius 2 is 1.86 bits per heavy atom. The Morgan fingerprint density at radius 3 is 2.73 bits per heavy atom. The maximum Gasteiger partial charge on any atom is 0.291 e. The van der Waals surface area contributed by atoms with Crippen LogP contribution in [0.2, 0.25) is 0 Å². The quantitative estimate of drug-likeness (QED) is 0.302. The van der Waals surface area contributed by atoms with Gasteiger partial charge >= 0.3 is 0 Å². The van der Waals surface area contributed by atoms with E-state index >= 15 is 0 Å². The summed E-state index contributed by atoms with van der Waals surface area (Å²) in [4.78, 5) is 29.3. The molecule has 3 aromatic carbocycles. The van der Waals surface area contributed by atoms with Gasteiger partial charge in [0.25, 0.3) is 5.91 Å². The summed E-state index contributed by atoms with van der Waals surface area (Å²) in [7, 11) is 0. The fourth-order valence-electron chi connectivity index (χ4n) is 4.99. The van der Waals surface area contributed by atoms with Crippen LogP contribution in [0.1, 0.15) is 58.6 Å². The molecule has 0 N–H and O–H groups in total. The van der Waals surface area contributed by atoms with Crippen LogP contribution in [0.4, 0.5) is 0 Å². The van der Waals surface area contributed by atoms with E-state index in [1.54, 1.807) is 11.0 Å². The van der Waals surface area contributed by atoms with Gasteiger partial charge in [0.05, 0.1) is 23.6 Å². The summed E-state index contributed by atoms with van der Waals surface area (Å²) in [5.74, 6) is 1.78. The second-order valence-electron chi connectivity index (χ2n) is 9.47. The Kier molecular flexibility index (Phi) is 5.83. The Hall–Kier alpha value is -4.26. The van der Waals surface area contributed by atoms with Gasteiger partial charge in [0.2, 0.25) is 12.6 Å².